The number of hydrogen-bond donors (Lipinski definition) is 2. The lowest BCUT2D eigenvalue weighted by atomic mass is 10.2. The number of guanidine groups is 1. The van der Waals surface area contributed by atoms with E-state index in [0.29, 0.717) is 6.10 Å². The maximum absolute atomic E-state index is 5.73. The van der Waals surface area contributed by atoms with Crippen LogP contribution in [0.2, 0.25) is 0 Å². The lowest BCUT2D eigenvalue weighted by molar-refractivity contribution is -0.0161. The van der Waals surface area contributed by atoms with Crippen molar-refractivity contribution in [3.8, 4) is 0 Å². The highest BCUT2D eigenvalue weighted by Crippen LogP contribution is 2.11. The van der Waals surface area contributed by atoms with Crippen molar-refractivity contribution in [1.82, 2.24) is 15.5 Å². The Balaban J connectivity index is 0.00000288. The topological polar surface area (TPSA) is 67.4 Å². The predicted molar refractivity (Wildman–Crippen MR) is 106 cm³/mol. The molecule has 0 saturated carbocycles. The van der Waals surface area contributed by atoms with Crippen molar-refractivity contribution in [2.75, 3.05) is 66.7 Å². The summed E-state index contributed by atoms with van der Waals surface area (Å²) in [4.78, 5) is 6.53. The van der Waals surface area contributed by atoms with Crippen LogP contribution in [0.5, 0.6) is 0 Å². The van der Waals surface area contributed by atoms with E-state index in [9.17, 15) is 0 Å². The first-order valence-corrected chi connectivity index (χ1v) is 8.72. The Hall–Kier alpha value is -0.160. The van der Waals surface area contributed by atoms with Gasteiger partial charge in [-0.05, 0) is 26.3 Å². The smallest absolute Gasteiger partial charge is 0.191 e. The van der Waals surface area contributed by atoms with Crippen molar-refractivity contribution in [2.24, 2.45) is 4.99 Å². The van der Waals surface area contributed by atoms with Gasteiger partial charge < -0.3 is 29.7 Å². The number of halogens is 1. The number of rotatable bonds is 8. The van der Waals surface area contributed by atoms with E-state index in [4.69, 9.17) is 14.2 Å². The van der Waals surface area contributed by atoms with Crippen molar-refractivity contribution >= 4 is 29.9 Å². The molecule has 0 spiro atoms. The van der Waals surface area contributed by atoms with Gasteiger partial charge in [0.25, 0.3) is 0 Å². The molecule has 2 heterocycles. The first kappa shape index (κ1) is 21.9. The molecule has 0 amide bonds. The molecule has 0 bridgehead atoms. The van der Waals surface area contributed by atoms with Crippen LogP contribution in [0.1, 0.15) is 19.3 Å². The number of ether oxygens (including phenoxy) is 3. The zero-order chi connectivity index (χ0) is 16.3. The van der Waals surface area contributed by atoms with E-state index in [0.717, 1.165) is 77.8 Å². The number of hydrogen-bond acceptors (Lipinski definition) is 5. The number of nitrogens with one attached hydrogen (secondary N) is 2. The molecular weight excluding hydrogens is 423 g/mol. The van der Waals surface area contributed by atoms with Crippen LogP contribution in [0, 0.1) is 0 Å². The number of likely N-dealkylation sites (N-methyl/N-ethyl adjacent to an activating group) is 1. The molecule has 2 aliphatic heterocycles. The highest BCUT2D eigenvalue weighted by Gasteiger charge is 2.17. The maximum atomic E-state index is 5.73. The fourth-order valence-corrected chi connectivity index (χ4v) is 2.79. The Bertz CT molecular complexity index is 354. The van der Waals surface area contributed by atoms with Gasteiger partial charge in [-0.2, -0.15) is 0 Å². The largest absolute Gasteiger partial charge is 0.379 e. The lowest BCUT2D eigenvalue weighted by Crippen LogP contribution is -2.48. The van der Waals surface area contributed by atoms with Gasteiger partial charge in [-0.3, -0.25) is 4.99 Å². The van der Waals surface area contributed by atoms with E-state index in [1.54, 1.807) is 7.05 Å². The Labute approximate surface area is 162 Å². The van der Waals surface area contributed by atoms with Gasteiger partial charge in [-0.15, -0.1) is 24.0 Å². The molecule has 142 valence electrons. The quantitative estimate of drug-likeness (QED) is 0.243. The summed E-state index contributed by atoms with van der Waals surface area (Å²) in [6, 6.07) is 0. The van der Waals surface area contributed by atoms with Crippen molar-refractivity contribution < 1.29 is 14.2 Å². The molecule has 7 nitrogen and oxygen atoms in total. The second kappa shape index (κ2) is 13.1. The third-order valence-electron chi connectivity index (χ3n) is 4.15. The van der Waals surface area contributed by atoms with Crippen molar-refractivity contribution in [3.05, 3.63) is 0 Å². The lowest BCUT2D eigenvalue weighted by Gasteiger charge is -2.30. The van der Waals surface area contributed by atoms with Crippen LogP contribution >= 0.6 is 24.0 Å². The minimum absolute atomic E-state index is 0. The van der Waals surface area contributed by atoms with Gasteiger partial charge in [0.1, 0.15) is 0 Å². The molecule has 0 radical (unpaired) electrons. The summed E-state index contributed by atoms with van der Waals surface area (Å²) in [5.74, 6) is 0.820. The summed E-state index contributed by atoms with van der Waals surface area (Å²) >= 11 is 0. The Morgan fingerprint density at radius 2 is 2.08 bits per heavy atom. The minimum atomic E-state index is 0. The minimum Gasteiger partial charge on any atom is -0.379 e. The number of aliphatic imine (C=N–C) groups is 1. The molecular formula is C16H33IN4O3. The summed E-state index contributed by atoms with van der Waals surface area (Å²) in [7, 11) is 3.91. The van der Waals surface area contributed by atoms with Crippen molar-refractivity contribution in [2.45, 2.75) is 31.5 Å². The Morgan fingerprint density at radius 3 is 2.79 bits per heavy atom. The van der Waals surface area contributed by atoms with E-state index >= 15 is 0 Å². The second-order valence-electron chi connectivity index (χ2n) is 6.20. The molecule has 0 aromatic heterocycles. The first-order chi connectivity index (χ1) is 11.3. The van der Waals surface area contributed by atoms with Gasteiger partial charge >= 0.3 is 0 Å². The van der Waals surface area contributed by atoms with Crippen LogP contribution in [0.25, 0.3) is 0 Å². The Kier molecular flexibility index (Phi) is 11.9. The van der Waals surface area contributed by atoms with Gasteiger partial charge in [-0.1, -0.05) is 0 Å². The van der Waals surface area contributed by atoms with Gasteiger partial charge in [0.2, 0.25) is 0 Å². The first-order valence-electron chi connectivity index (χ1n) is 8.72. The number of morpholine rings is 1. The molecule has 2 fully saturated rings. The summed E-state index contributed by atoms with van der Waals surface area (Å²) in [6.45, 7) is 6.75. The van der Waals surface area contributed by atoms with Gasteiger partial charge in [0, 0.05) is 46.4 Å². The van der Waals surface area contributed by atoms with Crippen LogP contribution in [0.3, 0.4) is 0 Å². The molecule has 2 rings (SSSR count). The summed E-state index contributed by atoms with van der Waals surface area (Å²) < 4.78 is 16.9. The normalized spacial score (nSPS) is 25.3. The molecule has 2 unspecified atom stereocenters. The average Bonchev–Trinajstić information content (AvgIpc) is 3.07. The van der Waals surface area contributed by atoms with Crippen LogP contribution in [-0.4, -0.2) is 89.8 Å². The monoisotopic (exact) mass is 456 g/mol. The van der Waals surface area contributed by atoms with Gasteiger partial charge in [-0.25, -0.2) is 0 Å². The molecule has 2 aliphatic rings. The zero-order valence-corrected chi connectivity index (χ0v) is 17.3. The molecule has 2 saturated heterocycles. The molecule has 24 heavy (non-hydrogen) atoms. The van der Waals surface area contributed by atoms with E-state index < -0.39 is 0 Å². The number of nitrogens with zero attached hydrogens (tertiary/aromatic N) is 2. The predicted octanol–water partition coefficient (Wildman–Crippen LogP) is 0.686. The van der Waals surface area contributed by atoms with E-state index in [1.165, 1.54) is 0 Å². The van der Waals surface area contributed by atoms with E-state index in [-0.39, 0.29) is 30.1 Å². The average molecular weight is 456 g/mol. The highest BCUT2D eigenvalue weighted by molar-refractivity contribution is 14.0. The third-order valence-corrected chi connectivity index (χ3v) is 4.15. The summed E-state index contributed by atoms with van der Waals surface area (Å²) in [6.07, 6.45) is 3.79. The highest BCUT2D eigenvalue weighted by atomic mass is 127. The second-order valence-corrected chi connectivity index (χ2v) is 6.20. The summed E-state index contributed by atoms with van der Waals surface area (Å²) in [5.41, 5.74) is 0. The van der Waals surface area contributed by atoms with Crippen molar-refractivity contribution in [1.29, 1.82) is 0 Å². The zero-order valence-electron chi connectivity index (χ0n) is 15.0. The third kappa shape index (κ3) is 8.80. The van der Waals surface area contributed by atoms with Crippen LogP contribution in [0.15, 0.2) is 4.99 Å². The maximum Gasteiger partial charge on any atom is 0.191 e. The van der Waals surface area contributed by atoms with Crippen LogP contribution < -0.4 is 10.6 Å². The molecule has 2 N–H and O–H groups in total. The van der Waals surface area contributed by atoms with E-state index in [1.807, 2.05) is 0 Å². The molecule has 0 aliphatic carbocycles. The van der Waals surface area contributed by atoms with Crippen LogP contribution in [0.4, 0.5) is 0 Å². The standard InChI is InChI=1S/C16H32N4O3.HI/c1-17-16(19-11-15-12-20(2)7-10-23-15)18-6-4-8-21-13-14-5-3-9-22-14;/h14-15H,3-13H2,1-2H3,(H2,17,18,19);1H. The fraction of sp³-hybridized carbons (Fsp3) is 0.938. The van der Waals surface area contributed by atoms with E-state index in [2.05, 4.69) is 27.6 Å². The molecule has 2 atom stereocenters. The SMILES string of the molecule is CN=C(NCCCOCC1CCCO1)NCC1CN(C)CCO1.I. The summed E-state index contributed by atoms with van der Waals surface area (Å²) in [5, 5.41) is 6.63. The molecule has 0 aromatic carbocycles. The van der Waals surface area contributed by atoms with Gasteiger partial charge in [0.05, 0.1) is 25.4 Å². The Morgan fingerprint density at radius 1 is 1.25 bits per heavy atom. The fourth-order valence-electron chi connectivity index (χ4n) is 2.79. The van der Waals surface area contributed by atoms with Crippen molar-refractivity contribution in [3.63, 3.8) is 0 Å². The van der Waals surface area contributed by atoms with Gasteiger partial charge in [0.15, 0.2) is 5.96 Å². The van der Waals surface area contributed by atoms with Crippen LogP contribution in [-0.2, 0) is 14.2 Å². The molecule has 8 heteroatoms. The molecule has 0 aromatic rings.